The third-order valence-electron chi connectivity index (χ3n) is 7.88. The zero-order chi connectivity index (χ0) is 16.0. The van der Waals surface area contributed by atoms with Gasteiger partial charge in [-0.05, 0) is 73.0 Å². The zero-order valence-electron chi connectivity index (χ0n) is 15.4. The Labute approximate surface area is 187 Å². The van der Waals surface area contributed by atoms with Crippen LogP contribution >= 0.6 is 0 Å². The zero-order valence-corrected chi connectivity index (χ0v) is 21.2. The van der Waals surface area contributed by atoms with Crippen LogP contribution in [0.1, 0.15) is 53.4 Å². The molecule has 0 aromatic rings. The minimum absolute atomic E-state index is 0. The quantitative estimate of drug-likeness (QED) is 0.377. The Balaban J connectivity index is 0.000000256. The van der Waals surface area contributed by atoms with Crippen molar-refractivity contribution in [3.8, 4) is 0 Å². The first-order valence-electron chi connectivity index (χ1n) is 9.24. The van der Waals surface area contributed by atoms with Gasteiger partial charge in [-0.1, -0.05) is 27.7 Å². The van der Waals surface area contributed by atoms with Crippen molar-refractivity contribution in [1.82, 2.24) is 0 Å². The molecule has 4 saturated carbocycles. The van der Waals surface area contributed by atoms with Crippen LogP contribution in [0, 0.1) is 59.2 Å². The van der Waals surface area contributed by atoms with Crippen molar-refractivity contribution in [3.05, 3.63) is 0 Å². The van der Waals surface area contributed by atoms with E-state index in [-0.39, 0.29) is 65.6 Å². The molecule has 4 bridgehead atoms. The van der Waals surface area contributed by atoms with Crippen LogP contribution in [0.15, 0.2) is 0 Å². The monoisotopic (exact) mass is 575 g/mol. The van der Waals surface area contributed by atoms with Gasteiger partial charge in [0.15, 0.2) is 0 Å². The first kappa shape index (κ1) is 23.2. The van der Waals surface area contributed by atoms with E-state index in [0.717, 1.165) is 23.7 Å². The molecule has 2 nitrogen and oxygen atoms in total. The summed E-state index contributed by atoms with van der Waals surface area (Å²) in [4.78, 5) is 19.6. The van der Waals surface area contributed by atoms with E-state index in [1.807, 2.05) is 0 Å². The predicted molar refractivity (Wildman–Crippen MR) is 87.5 cm³/mol. The molecule has 0 aliphatic heterocycles. The van der Waals surface area contributed by atoms with Crippen LogP contribution in [0.5, 0.6) is 0 Å². The van der Waals surface area contributed by atoms with E-state index in [9.17, 15) is 9.59 Å². The molecule has 0 aromatic heterocycles. The number of fused-ring (bicyclic) bond motifs is 9. The van der Waals surface area contributed by atoms with Crippen LogP contribution < -0.4 is 0 Å². The normalized spacial score (nSPS) is 45.8. The maximum Gasteiger partial charge on any atom is 0 e. The summed E-state index contributed by atoms with van der Waals surface area (Å²) in [6.07, 6.45) is 9.84. The molecule has 133 valence electrons. The van der Waals surface area contributed by atoms with Gasteiger partial charge in [0.1, 0.15) is 0 Å². The standard InChI is InChI=1S/C14H22.C6H8O2.W.Y/c1-7-8(2)12-6-11(7)13-9-3-4-10(5-9)14(12)13;1-5(3-7)6(2)4-8;;/h7-14H,3-6H2,1-2H3;5-6H,1-2H3;;/q;-2;;. The number of hydrogen-bond acceptors (Lipinski definition) is 2. The van der Waals surface area contributed by atoms with Crippen molar-refractivity contribution in [1.29, 1.82) is 0 Å². The van der Waals surface area contributed by atoms with Crippen LogP contribution in [0.2, 0.25) is 0 Å². The molecule has 4 aliphatic carbocycles. The molecular weight excluding hydrogens is 545 g/mol. The summed E-state index contributed by atoms with van der Waals surface area (Å²) < 4.78 is 0. The summed E-state index contributed by atoms with van der Waals surface area (Å²) in [6, 6.07) is 0. The van der Waals surface area contributed by atoms with Crippen molar-refractivity contribution in [2.24, 2.45) is 59.2 Å². The van der Waals surface area contributed by atoms with Gasteiger partial charge in [0.2, 0.25) is 0 Å². The molecule has 4 aliphatic rings. The van der Waals surface area contributed by atoms with Crippen molar-refractivity contribution in [3.63, 3.8) is 0 Å². The Morgan fingerprint density at radius 3 is 1.50 bits per heavy atom. The third-order valence-corrected chi connectivity index (χ3v) is 7.88. The fourth-order valence-corrected chi connectivity index (χ4v) is 6.39. The van der Waals surface area contributed by atoms with Crippen molar-refractivity contribution in [2.75, 3.05) is 0 Å². The molecule has 0 amide bonds. The van der Waals surface area contributed by atoms with E-state index in [0.29, 0.717) is 0 Å². The van der Waals surface area contributed by atoms with E-state index < -0.39 is 0 Å². The van der Waals surface area contributed by atoms with E-state index in [1.54, 1.807) is 52.1 Å². The Morgan fingerprint density at radius 1 is 0.792 bits per heavy atom. The molecule has 0 spiro atoms. The van der Waals surface area contributed by atoms with Gasteiger partial charge in [0.05, 0.1) is 0 Å². The number of rotatable bonds is 3. The Kier molecular flexibility index (Phi) is 9.04. The Hall–Kier alpha value is 1.13. The second kappa shape index (κ2) is 9.37. The molecule has 1 radical (unpaired) electrons. The molecule has 4 fully saturated rings. The van der Waals surface area contributed by atoms with Gasteiger partial charge in [0.25, 0.3) is 0 Å². The fourth-order valence-electron chi connectivity index (χ4n) is 6.39. The van der Waals surface area contributed by atoms with E-state index in [1.165, 1.54) is 23.7 Å². The Morgan fingerprint density at radius 2 is 1.17 bits per heavy atom. The minimum Gasteiger partial charge on any atom is -0.542 e. The molecule has 10 unspecified atom stereocenters. The number of carbonyl (C=O) groups excluding carboxylic acids is 2. The molecule has 0 heterocycles. The SMILES string of the molecule is CC([C-]=O)C(C)[C-]=O.CC1C(C)C2CC1C1C3CCC(C3)C21.[W].[Y]. The van der Waals surface area contributed by atoms with Gasteiger partial charge in [-0.2, -0.15) is 11.8 Å². The number of hydrogen-bond donors (Lipinski definition) is 0. The summed E-state index contributed by atoms with van der Waals surface area (Å²) in [5.41, 5.74) is 0. The first-order valence-corrected chi connectivity index (χ1v) is 9.24. The molecular formula is C20H30O2WY-2. The molecule has 0 N–H and O–H groups in total. The fraction of sp³-hybridized carbons (Fsp3) is 0.900. The molecule has 0 saturated heterocycles. The summed E-state index contributed by atoms with van der Waals surface area (Å²) in [6.45, 7) is 8.36. The van der Waals surface area contributed by atoms with Crippen LogP contribution in [0.4, 0.5) is 0 Å². The minimum atomic E-state index is -0.313. The molecule has 4 heteroatoms. The van der Waals surface area contributed by atoms with Gasteiger partial charge in [-0.25, -0.2) is 0 Å². The van der Waals surface area contributed by atoms with Gasteiger partial charge < -0.3 is 9.59 Å². The van der Waals surface area contributed by atoms with Crippen molar-refractivity contribution < 1.29 is 63.4 Å². The average Bonchev–Trinajstić information content (AvgIpc) is 3.27. The molecule has 0 aromatic carbocycles. The second-order valence-electron chi connectivity index (χ2n) is 8.58. The van der Waals surface area contributed by atoms with E-state index >= 15 is 0 Å². The summed E-state index contributed by atoms with van der Waals surface area (Å²) in [7, 11) is 0. The van der Waals surface area contributed by atoms with Crippen LogP contribution in [-0.2, 0) is 63.4 Å². The van der Waals surface area contributed by atoms with Crippen molar-refractivity contribution >= 4 is 12.6 Å². The smallest absolute Gasteiger partial charge is 0 e. The third kappa shape index (κ3) is 3.87. The maximum absolute atomic E-state index is 9.80. The second-order valence-corrected chi connectivity index (χ2v) is 8.58. The van der Waals surface area contributed by atoms with Crippen LogP contribution in [0.25, 0.3) is 0 Å². The van der Waals surface area contributed by atoms with E-state index in [2.05, 4.69) is 13.8 Å². The largest absolute Gasteiger partial charge is 0.542 e. The van der Waals surface area contributed by atoms with E-state index in [4.69, 9.17) is 0 Å². The summed E-state index contributed by atoms with van der Waals surface area (Å²) in [5.74, 6) is 8.53. The predicted octanol–water partition coefficient (Wildman–Crippen LogP) is 4.04. The van der Waals surface area contributed by atoms with Gasteiger partial charge in [-0.15, -0.1) is 0 Å². The topological polar surface area (TPSA) is 34.1 Å². The van der Waals surface area contributed by atoms with Crippen LogP contribution in [0.3, 0.4) is 0 Å². The molecule has 24 heavy (non-hydrogen) atoms. The van der Waals surface area contributed by atoms with Gasteiger partial charge in [-0.3, -0.25) is 12.6 Å². The molecule has 10 atom stereocenters. The summed E-state index contributed by atoms with van der Waals surface area (Å²) >= 11 is 0. The average molecular weight is 575 g/mol. The first-order chi connectivity index (χ1) is 10.5. The van der Waals surface area contributed by atoms with Gasteiger partial charge in [0, 0.05) is 53.8 Å². The van der Waals surface area contributed by atoms with Crippen molar-refractivity contribution in [2.45, 2.75) is 53.4 Å². The van der Waals surface area contributed by atoms with Crippen LogP contribution in [-0.4, -0.2) is 12.6 Å². The Bertz CT molecular complexity index is 405. The maximum atomic E-state index is 9.80. The summed E-state index contributed by atoms with van der Waals surface area (Å²) in [5, 5.41) is 0. The molecule has 4 rings (SSSR count). The van der Waals surface area contributed by atoms with Gasteiger partial charge >= 0.3 is 0 Å².